The lowest BCUT2D eigenvalue weighted by Gasteiger charge is -2.34. The van der Waals surface area contributed by atoms with Crippen LogP contribution in [-0.4, -0.2) is 35.2 Å². The Kier molecular flexibility index (Phi) is 10.2. The van der Waals surface area contributed by atoms with E-state index in [1.807, 2.05) is 6.20 Å². The first-order valence-corrected chi connectivity index (χ1v) is 28.0. The fourth-order valence-electron chi connectivity index (χ4n) is 11.7. The molecule has 10 aromatic carbocycles. The number of nitrogens with zero attached hydrogens (tertiary/aromatic N) is 4. The van der Waals surface area contributed by atoms with E-state index in [9.17, 15) is 0 Å². The van der Waals surface area contributed by atoms with Crippen molar-refractivity contribution in [3.63, 3.8) is 0 Å². The molecule has 0 radical (unpaired) electrons. The molecular weight excluding hydrogens is 881 g/mol. The fourth-order valence-corrected chi connectivity index (χ4v) is 21.3. The molecule has 70 heavy (non-hydrogen) atoms. The third kappa shape index (κ3) is 6.34. The largest absolute Gasteiger partial charge is 0.309 e. The van der Waals surface area contributed by atoms with Gasteiger partial charge >= 0.3 is 0 Å². The second-order valence-corrected chi connectivity index (χ2v) is 25.7. The summed E-state index contributed by atoms with van der Waals surface area (Å²) in [6, 6.07) is 99.2. The molecule has 0 aliphatic heterocycles. The number of benzene rings is 10. The molecule has 0 aliphatic rings. The first kappa shape index (κ1) is 41.5. The lowest BCUT2D eigenvalue weighted by Crippen LogP contribution is -2.74. The van der Waals surface area contributed by atoms with Crippen LogP contribution >= 0.6 is 0 Å². The van der Waals surface area contributed by atoms with Gasteiger partial charge in [0.15, 0.2) is 16.1 Å². The number of fused-ring (bicyclic) bond motifs is 7. The van der Waals surface area contributed by atoms with E-state index in [1.54, 1.807) is 6.33 Å². The Balaban J connectivity index is 1.09. The summed E-state index contributed by atoms with van der Waals surface area (Å²) in [6.07, 6.45) is 3.67. The molecule has 0 bridgehead atoms. The molecule has 0 N–H and O–H groups in total. The maximum atomic E-state index is 5.02. The summed E-state index contributed by atoms with van der Waals surface area (Å²) in [5, 5.41) is 14.1. The summed E-state index contributed by atoms with van der Waals surface area (Å²) in [7, 11) is -5.68. The molecule has 3 heterocycles. The van der Waals surface area contributed by atoms with Crippen LogP contribution in [-0.2, 0) is 0 Å². The normalized spacial score (nSPS) is 12.0. The molecule has 0 aliphatic carbocycles. The second kappa shape index (κ2) is 17.1. The third-order valence-corrected chi connectivity index (χ3v) is 24.1. The fraction of sp³-hybridized carbons (Fsp3) is 0. The van der Waals surface area contributed by atoms with Crippen LogP contribution in [0, 0.1) is 0 Å². The molecule has 0 spiro atoms. The van der Waals surface area contributed by atoms with Crippen molar-refractivity contribution in [2.45, 2.75) is 0 Å². The standard InChI is InChI=1S/C64H46N4Si2/c1-7-25-49(26-8-1)69(50-27-9-2-10-28-50,51-29-11-3-12-30-51)55-37-21-23-47(43-55)67-59-40-20-19-39-57(59)62-60(67)42-41-58-63-61(45-65-46-66-63)68(64(58)62)48-24-22-38-56(44-48)70(52-31-13-4-14-32-52,53-33-15-5-16-34-53)54-35-17-6-18-36-54/h1-46H. The minimum atomic E-state index is -2.86. The predicted molar refractivity (Wildman–Crippen MR) is 298 cm³/mol. The topological polar surface area (TPSA) is 35.6 Å². The van der Waals surface area contributed by atoms with Crippen molar-refractivity contribution in [2.24, 2.45) is 0 Å². The highest BCUT2D eigenvalue weighted by molar-refractivity contribution is 7.20. The summed E-state index contributed by atoms with van der Waals surface area (Å²) in [5.74, 6) is 0. The average molecular weight is 927 g/mol. The zero-order valence-electron chi connectivity index (χ0n) is 38.3. The first-order valence-electron chi connectivity index (χ1n) is 24.0. The summed E-state index contributed by atoms with van der Waals surface area (Å²) in [6.45, 7) is 0. The average Bonchev–Trinajstić information content (AvgIpc) is 3.97. The van der Waals surface area contributed by atoms with Gasteiger partial charge in [-0.2, -0.15) is 0 Å². The highest BCUT2D eigenvalue weighted by Crippen LogP contribution is 2.41. The van der Waals surface area contributed by atoms with Gasteiger partial charge in [-0.15, -0.1) is 0 Å². The predicted octanol–water partition coefficient (Wildman–Crippen LogP) is 9.43. The molecule has 330 valence electrons. The van der Waals surface area contributed by atoms with E-state index in [4.69, 9.17) is 4.98 Å². The Hall–Kier alpha value is -8.69. The highest BCUT2D eigenvalue weighted by atomic mass is 28.3. The van der Waals surface area contributed by atoms with Crippen molar-refractivity contribution < 1.29 is 0 Å². The maximum absolute atomic E-state index is 5.02. The molecule has 0 atom stereocenters. The Morgan fingerprint density at radius 3 is 1.16 bits per heavy atom. The highest BCUT2D eigenvalue weighted by Gasteiger charge is 2.43. The van der Waals surface area contributed by atoms with Crippen LogP contribution in [0.15, 0.2) is 279 Å². The molecule has 0 saturated heterocycles. The van der Waals surface area contributed by atoms with Crippen LogP contribution in [0.5, 0.6) is 0 Å². The molecule has 3 aromatic heterocycles. The van der Waals surface area contributed by atoms with E-state index >= 15 is 0 Å². The van der Waals surface area contributed by atoms with Gasteiger partial charge in [0.25, 0.3) is 0 Å². The van der Waals surface area contributed by atoms with Crippen molar-refractivity contribution in [1.29, 1.82) is 0 Å². The zero-order chi connectivity index (χ0) is 46.5. The molecule has 0 unspecified atom stereocenters. The van der Waals surface area contributed by atoms with E-state index in [0.29, 0.717) is 0 Å². The Bertz CT molecular complexity index is 3800. The number of hydrogen-bond acceptors (Lipinski definition) is 2. The molecule has 13 aromatic rings. The summed E-state index contributed by atoms with van der Waals surface area (Å²) >= 11 is 0. The van der Waals surface area contributed by atoms with E-state index in [-0.39, 0.29) is 0 Å². The Morgan fingerprint density at radius 2 is 0.700 bits per heavy atom. The van der Waals surface area contributed by atoms with Crippen LogP contribution in [0.3, 0.4) is 0 Å². The van der Waals surface area contributed by atoms with Gasteiger partial charge in [-0.3, -0.25) is 0 Å². The lowest BCUT2D eigenvalue weighted by molar-refractivity contribution is 1.15. The minimum Gasteiger partial charge on any atom is -0.309 e. The summed E-state index contributed by atoms with van der Waals surface area (Å²) < 4.78 is 4.91. The molecule has 4 nitrogen and oxygen atoms in total. The third-order valence-electron chi connectivity index (χ3n) is 14.5. The van der Waals surface area contributed by atoms with Gasteiger partial charge < -0.3 is 9.13 Å². The second-order valence-electron chi connectivity index (χ2n) is 18.1. The lowest BCUT2D eigenvalue weighted by atomic mass is 10.1. The Morgan fingerprint density at radius 1 is 0.300 bits per heavy atom. The molecule has 0 amide bonds. The number of aromatic nitrogens is 4. The quantitative estimate of drug-likeness (QED) is 0.101. The summed E-state index contributed by atoms with van der Waals surface area (Å²) in [4.78, 5) is 9.71. The summed E-state index contributed by atoms with van der Waals surface area (Å²) in [5.41, 5.74) is 7.49. The molecule has 13 rings (SSSR count). The van der Waals surface area contributed by atoms with Gasteiger partial charge in [0.1, 0.15) is 6.33 Å². The molecule has 0 saturated carbocycles. The van der Waals surface area contributed by atoms with Gasteiger partial charge in [-0.25, -0.2) is 9.97 Å². The van der Waals surface area contributed by atoms with Gasteiger partial charge in [-0.1, -0.05) is 224 Å². The van der Waals surface area contributed by atoms with Crippen molar-refractivity contribution >= 4 is 101 Å². The minimum absolute atomic E-state index is 0.929. The molecule has 0 fully saturated rings. The van der Waals surface area contributed by atoms with Gasteiger partial charge in [-0.05, 0) is 84.0 Å². The van der Waals surface area contributed by atoms with Crippen molar-refractivity contribution in [2.75, 3.05) is 0 Å². The SMILES string of the molecule is c1ccc([Si](c2ccccc2)(c2ccccc2)c2cccc(-n3c4ccccc4c4c3ccc3c5ncncc5n(-c5cccc([Si](c6ccccc6)(c6ccccc6)c6ccccc6)c5)c34)c2)cc1. The van der Waals surface area contributed by atoms with E-state index in [2.05, 4.69) is 281 Å². The van der Waals surface area contributed by atoms with E-state index in [0.717, 1.165) is 44.3 Å². The number of hydrogen-bond donors (Lipinski definition) is 0. The maximum Gasteiger partial charge on any atom is 0.179 e. The van der Waals surface area contributed by atoms with Crippen molar-refractivity contribution in [1.82, 2.24) is 19.1 Å². The van der Waals surface area contributed by atoms with Crippen molar-refractivity contribution in [3.05, 3.63) is 279 Å². The van der Waals surface area contributed by atoms with Crippen molar-refractivity contribution in [3.8, 4) is 11.4 Å². The molecule has 6 heteroatoms. The first-order chi connectivity index (χ1) is 34.8. The monoisotopic (exact) mass is 926 g/mol. The van der Waals surface area contributed by atoms with Gasteiger partial charge in [0, 0.05) is 27.5 Å². The van der Waals surface area contributed by atoms with Crippen LogP contribution in [0.25, 0.3) is 55.1 Å². The van der Waals surface area contributed by atoms with E-state index in [1.165, 1.54) is 52.3 Å². The smallest absolute Gasteiger partial charge is 0.179 e. The van der Waals surface area contributed by atoms with Gasteiger partial charge in [0.2, 0.25) is 0 Å². The van der Waals surface area contributed by atoms with Crippen LogP contribution in [0.2, 0.25) is 0 Å². The van der Waals surface area contributed by atoms with Crippen LogP contribution in [0.1, 0.15) is 0 Å². The zero-order valence-corrected chi connectivity index (χ0v) is 40.3. The number of para-hydroxylation sites is 1. The van der Waals surface area contributed by atoms with Gasteiger partial charge in [0.05, 0.1) is 33.8 Å². The van der Waals surface area contributed by atoms with E-state index < -0.39 is 16.1 Å². The van der Waals surface area contributed by atoms with Crippen LogP contribution < -0.4 is 41.5 Å². The molecular formula is C64H46N4Si2. The Labute approximate surface area is 409 Å². The van der Waals surface area contributed by atoms with Crippen LogP contribution in [0.4, 0.5) is 0 Å². The number of rotatable bonds is 10.